The van der Waals surface area contributed by atoms with Crippen LogP contribution in [-0.4, -0.2) is 187 Å². The Bertz CT molecular complexity index is 1480. The summed E-state index contributed by atoms with van der Waals surface area (Å²) >= 11 is 0. The Morgan fingerprint density at radius 3 is 1.21 bits per heavy atom. The number of fused-ring (bicyclic) bond motifs is 3. The minimum absolute atomic E-state index is 0.0207. The molecule has 0 amide bonds. The van der Waals surface area contributed by atoms with Crippen LogP contribution in [0.4, 0.5) is 5.69 Å². The summed E-state index contributed by atoms with van der Waals surface area (Å²) in [5.41, 5.74) is 3.54. The van der Waals surface area contributed by atoms with Crippen molar-refractivity contribution in [3.05, 3.63) is 42.0 Å². The zero-order chi connectivity index (χ0) is 43.9. The number of ether oxygens (including phenoxy) is 13. The molecule has 0 saturated carbocycles. The Kier molecular flexibility index (Phi) is 27.7. The molecule has 0 aliphatic carbocycles. The van der Waals surface area contributed by atoms with E-state index < -0.39 is 5.60 Å². The minimum atomic E-state index is -0.477. The number of rotatable bonds is 39. The van der Waals surface area contributed by atoms with Crippen molar-refractivity contribution in [2.24, 2.45) is 0 Å². The topological polar surface area (TPSA) is 140 Å². The van der Waals surface area contributed by atoms with Crippen LogP contribution in [0.1, 0.15) is 53.5 Å². The first-order valence-electron chi connectivity index (χ1n) is 21.9. The molecule has 3 rings (SSSR count). The van der Waals surface area contributed by atoms with Crippen LogP contribution in [0.3, 0.4) is 0 Å². The lowest BCUT2D eigenvalue weighted by Gasteiger charge is -2.19. The second-order valence-corrected chi connectivity index (χ2v) is 15.7. The average Bonchev–Trinajstić information content (AvgIpc) is 3.43. The molecule has 15 nitrogen and oxygen atoms in total. The standard InChI is InChI=1S/C46H76NO14/c1-39-46(5,6)44-41-10-8-7-9-40(41)11-12-42(44)47(39)14-16-50-18-20-52-22-24-54-26-28-56-30-32-58-34-36-60-38-37-59-35-33-57-31-29-55-27-25-53-23-21-51-19-17-49-15-13-43(48)61-45(2,3)4/h7-12H,13-38H2,1-6H3/q+1. The van der Waals surface area contributed by atoms with Gasteiger partial charge in [0.1, 0.15) is 12.2 Å². The predicted octanol–water partition coefficient (Wildman–Crippen LogP) is 5.17. The highest BCUT2D eigenvalue weighted by atomic mass is 16.6. The van der Waals surface area contributed by atoms with Gasteiger partial charge in [-0.25, -0.2) is 0 Å². The van der Waals surface area contributed by atoms with Crippen LogP contribution in [0, 0.1) is 0 Å². The third-order valence-electron chi connectivity index (χ3n) is 9.55. The van der Waals surface area contributed by atoms with E-state index >= 15 is 0 Å². The number of hydrogen-bond acceptors (Lipinski definition) is 14. The summed E-state index contributed by atoms with van der Waals surface area (Å²) in [6.45, 7) is 25.0. The van der Waals surface area contributed by atoms with Crippen LogP contribution in [-0.2, 0) is 71.8 Å². The smallest absolute Gasteiger partial charge is 0.308 e. The van der Waals surface area contributed by atoms with Gasteiger partial charge in [-0.1, -0.05) is 24.3 Å². The molecule has 0 spiro atoms. The lowest BCUT2D eigenvalue weighted by Crippen LogP contribution is -2.27. The molecule has 1 aliphatic rings. The van der Waals surface area contributed by atoms with E-state index in [0.29, 0.717) is 159 Å². The van der Waals surface area contributed by atoms with E-state index in [-0.39, 0.29) is 17.8 Å². The largest absolute Gasteiger partial charge is 0.460 e. The molecular weight excluding hydrogens is 790 g/mol. The van der Waals surface area contributed by atoms with Crippen LogP contribution in [0.2, 0.25) is 0 Å². The van der Waals surface area contributed by atoms with E-state index in [1.807, 2.05) is 20.8 Å². The Morgan fingerprint density at radius 2 is 0.836 bits per heavy atom. The molecule has 2 aromatic carbocycles. The van der Waals surface area contributed by atoms with Crippen LogP contribution < -0.4 is 0 Å². The fourth-order valence-electron chi connectivity index (χ4n) is 6.35. The number of esters is 1. The molecule has 0 fully saturated rings. The van der Waals surface area contributed by atoms with Gasteiger partial charge in [-0.3, -0.25) is 4.79 Å². The summed E-state index contributed by atoms with van der Waals surface area (Å²) in [7, 11) is 0. The Morgan fingerprint density at radius 1 is 0.492 bits per heavy atom. The summed E-state index contributed by atoms with van der Waals surface area (Å²) < 4.78 is 74.2. The molecule has 0 atom stereocenters. The monoisotopic (exact) mass is 867 g/mol. The highest BCUT2D eigenvalue weighted by molar-refractivity contribution is 6.01. The third-order valence-corrected chi connectivity index (χ3v) is 9.55. The number of carbonyl (C=O) groups excluding carboxylic acids is 1. The zero-order valence-corrected chi connectivity index (χ0v) is 38.0. The number of nitrogens with zero attached hydrogens (tertiary/aromatic N) is 1. The molecule has 0 bridgehead atoms. The van der Waals surface area contributed by atoms with Crippen molar-refractivity contribution in [1.82, 2.24) is 0 Å². The second kappa shape index (κ2) is 32.1. The molecule has 1 aliphatic heterocycles. The third kappa shape index (κ3) is 23.0. The van der Waals surface area contributed by atoms with E-state index in [1.165, 1.54) is 27.7 Å². The van der Waals surface area contributed by atoms with Crippen molar-refractivity contribution in [2.45, 2.75) is 59.0 Å². The molecule has 1 heterocycles. The maximum absolute atomic E-state index is 11.6. The highest BCUT2D eigenvalue weighted by Gasteiger charge is 2.44. The average molecular weight is 867 g/mol. The van der Waals surface area contributed by atoms with Crippen LogP contribution >= 0.6 is 0 Å². The van der Waals surface area contributed by atoms with E-state index in [2.05, 4.69) is 61.7 Å². The van der Waals surface area contributed by atoms with Gasteiger partial charge in [-0.05, 0) is 51.5 Å². The zero-order valence-electron chi connectivity index (χ0n) is 38.0. The van der Waals surface area contributed by atoms with Crippen molar-refractivity contribution in [2.75, 3.05) is 165 Å². The van der Waals surface area contributed by atoms with Gasteiger partial charge in [0.25, 0.3) is 0 Å². The Hall–Kier alpha value is -2.64. The molecule has 348 valence electrons. The normalized spacial score (nSPS) is 13.7. The first-order chi connectivity index (χ1) is 29.6. The van der Waals surface area contributed by atoms with Gasteiger partial charge in [-0.2, -0.15) is 4.58 Å². The molecule has 0 saturated heterocycles. The second-order valence-electron chi connectivity index (χ2n) is 15.7. The lowest BCUT2D eigenvalue weighted by molar-refractivity contribution is -0.443. The van der Waals surface area contributed by atoms with Gasteiger partial charge in [0, 0.05) is 18.6 Å². The van der Waals surface area contributed by atoms with Gasteiger partial charge in [-0.15, -0.1) is 0 Å². The molecule has 61 heavy (non-hydrogen) atoms. The Balaban J connectivity index is 0.947. The minimum Gasteiger partial charge on any atom is -0.460 e. The molecule has 0 N–H and O–H groups in total. The molecule has 2 aromatic rings. The summed E-state index contributed by atoms with van der Waals surface area (Å²) in [4.78, 5) is 11.6. The van der Waals surface area contributed by atoms with Crippen LogP contribution in [0.5, 0.6) is 0 Å². The fraction of sp³-hybridized carbons (Fsp3) is 0.739. The first-order valence-corrected chi connectivity index (χ1v) is 21.9. The number of hydrogen-bond donors (Lipinski definition) is 0. The van der Waals surface area contributed by atoms with Crippen molar-refractivity contribution < 1.29 is 70.9 Å². The van der Waals surface area contributed by atoms with Gasteiger partial charge in [0.2, 0.25) is 5.69 Å². The molecular formula is C46H76NO14+. The molecule has 15 heteroatoms. The highest BCUT2D eigenvalue weighted by Crippen LogP contribution is 2.43. The molecule has 0 radical (unpaired) electrons. The van der Waals surface area contributed by atoms with Crippen molar-refractivity contribution in [3.8, 4) is 0 Å². The quantitative estimate of drug-likeness (QED) is 0.0496. The van der Waals surface area contributed by atoms with Gasteiger partial charge in [0.15, 0.2) is 12.3 Å². The van der Waals surface area contributed by atoms with E-state index in [4.69, 9.17) is 61.6 Å². The summed E-state index contributed by atoms with van der Waals surface area (Å²) in [6, 6.07) is 13.1. The van der Waals surface area contributed by atoms with E-state index in [9.17, 15) is 4.79 Å². The summed E-state index contributed by atoms with van der Waals surface area (Å²) in [5.74, 6) is -0.266. The SMILES string of the molecule is CC1=[N+](CCOCCOCCOCCOCCOCCOCCOCCOCCOCCOCCOCCOCCC(=O)OC(C)(C)C)c2ccc3ccccc3c2C1(C)C. The van der Waals surface area contributed by atoms with E-state index in [0.717, 1.165) is 6.54 Å². The van der Waals surface area contributed by atoms with Crippen molar-refractivity contribution in [1.29, 1.82) is 0 Å². The fourth-order valence-corrected chi connectivity index (χ4v) is 6.35. The van der Waals surface area contributed by atoms with Crippen molar-refractivity contribution >= 4 is 28.1 Å². The maximum atomic E-state index is 11.6. The number of benzene rings is 2. The number of carbonyl (C=O) groups is 1. The lowest BCUT2D eigenvalue weighted by atomic mass is 9.80. The van der Waals surface area contributed by atoms with Gasteiger partial charge < -0.3 is 61.6 Å². The van der Waals surface area contributed by atoms with Gasteiger partial charge in [0.05, 0.1) is 164 Å². The Labute approximate surface area is 364 Å². The van der Waals surface area contributed by atoms with Crippen LogP contribution in [0.15, 0.2) is 36.4 Å². The maximum Gasteiger partial charge on any atom is 0.308 e. The van der Waals surface area contributed by atoms with Gasteiger partial charge >= 0.3 is 5.97 Å². The molecule has 0 unspecified atom stereocenters. The van der Waals surface area contributed by atoms with Crippen LogP contribution in [0.25, 0.3) is 10.8 Å². The molecule has 0 aromatic heterocycles. The predicted molar refractivity (Wildman–Crippen MR) is 233 cm³/mol. The first kappa shape index (κ1) is 52.7. The van der Waals surface area contributed by atoms with E-state index in [1.54, 1.807) is 0 Å². The summed E-state index contributed by atoms with van der Waals surface area (Å²) in [5, 5.41) is 2.61. The summed E-state index contributed by atoms with van der Waals surface area (Å²) in [6.07, 6.45) is 0.230. The van der Waals surface area contributed by atoms with Crippen molar-refractivity contribution in [3.63, 3.8) is 0 Å².